The molecule has 0 aliphatic heterocycles. The molecule has 3 nitrogen and oxygen atoms in total. The minimum Gasteiger partial charge on any atom is -0.398 e. The van der Waals surface area contributed by atoms with Gasteiger partial charge in [0.05, 0.1) is 0 Å². The fourth-order valence-electron chi connectivity index (χ4n) is 2.63. The second-order valence-electron chi connectivity index (χ2n) is 5.33. The standard InChI is InChI=1S/C18H19N3/c1-12-8-9-16(19)15-10-11-20-18(17(12)15)21-13(2)14-6-4-3-5-7-14/h3-11,13H,19H2,1-2H3,(H,20,21). The lowest BCUT2D eigenvalue weighted by molar-refractivity contribution is 0.877. The van der Waals surface area contributed by atoms with Gasteiger partial charge in [-0.3, -0.25) is 0 Å². The van der Waals surface area contributed by atoms with Gasteiger partial charge in [-0.05, 0) is 37.1 Å². The first kappa shape index (κ1) is 13.4. The van der Waals surface area contributed by atoms with E-state index >= 15 is 0 Å². The SMILES string of the molecule is Cc1ccc(N)c2ccnc(NC(C)c3ccccc3)c12. The molecular weight excluding hydrogens is 258 g/mol. The highest BCUT2D eigenvalue weighted by molar-refractivity contribution is 6.01. The highest BCUT2D eigenvalue weighted by Gasteiger charge is 2.11. The van der Waals surface area contributed by atoms with Gasteiger partial charge in [0.1, 0.15) is 5.82 Å². The molecule has 1 heterocycles. The van der Waals surface area contributed by atoms with E-state index in [1.807, 2.05) is 36.4 Å². The summed E-state index contributed by atoms with van der Waals surface area (Å²) in [6, 6.07) is 16.5. The minimum absolute atomic E-state index is 0.185. The predicted molar refractivity (Wildman–Crippen MR) is 89.4 cm³/mol. The molecule has 0 amide bonds. The van der Waals surface area contributed by atoms with Crippen molar-refractivity contribution in [1.29, 1.82) is 0 Å². The van der Waals surface area contributed by atoms with Gasteiger partial charge < -0.3 is 11.1 Å². The van der Waals surface area contributed by atoms with Crippen LogP contribution < -0.4 is 11.1 Å². The number of aromatic nitrogens is 1. The molecule has 0 bridgehead atoms. The third-order valence-electron chi connectivity index (χ3n) is 3.82. The van der Waals surface area contributed by atoms with Crippen molar-refractivity contribution in [2.75, 3.05) is 11.1 Å². The van der Waals surface area contributed by atoms with Crippen LogP contribution in [0.2, 0.25) is 0 Å². The summed E-state index contributed by atoms with van der Waals surface area (Å²) in [6.07, 6.45) is 1.80. The lowest BCUT2D eigenvalue weighted by atomic mass is 10.0. The Balaban J connectivity index is 2.03. The van der Waals surface area contributed by atoms with Crippen LogP contribution in [0.5, 0.6) is 0 Å². The first-order valence-corrected chi connectivity index (χ1v) is 7.12. The van der Waals surface area contributed by atoms with Crippen LogP contribution in [0.15, 0.2) is 54.7 Å². The molecule has 1 aromatic heterocycles. The van der Waals surface area contributed by atoms with Crippen molar-refractivity contribution in [3.63, 3.8) is 0 Å². The molecule has 0 aliphatic rings. The molecule has 1 atom stereocenters. The number of hydrogen-bond donors (Lipinski definition) is 2. The van der Waals surface area contributed by atoms with E-state index in [2.05, 4.69) is 36.3 Å². The number of aryl methyl sites for hydroxylation is 1. The molecule has 3 rings (SSSR count). The lowest BCUT2D eigenvalue weighted by Gasteiger charge is -2.17. The lowest BCUT2D eigenvalue weighted by Crippen LogP contribution is -2.08. The molecule has 0 fully saturated rings. The number of nitrogens with one attached hydrogen (secondary N) is 1. The molecule has 0 radical (unpaired) electrons. The Labute approximate surface area is 124 Å². The number of pyridine rings is 1. The van der Waals surface area contributed by atoms with Crippen LogP contribution in [0.1, 0.15) is 24.1 Å². The third-order valence-corrected chi connectivity index (χ3v) is 3.82. The molecule has 21 heavy (non-hydrogen) atoms. The maximum atomic E-state index is 6.08. The molecule has 0 saturated carbocycles. The van der Waals surface area contributed by atoms with E-state index in [4.69, 9.17) is 5.73 Å². The van der Waals surface area contributed by atoms with Gasteiger partial charge in [-0.2, -0.15) is 0 Å². The van der Waals surface area contributed by atoms with E-state index in [9.17, 15) is 0 Å². The molecule has 106 valence electrons. The van der Waals surface area contributed by atoms with E-state index in [1.54, 1.807) is 6.20 Å². The van der Waals surface area contributed by atoms with Gasteiger partial charge >= 0.3 is 0 Å². The zero-order valence-electron chi connectivity index (χ0n) is 12.3. The maximum Gasteiger partial charge on any atom is 0.134 e. The number of nitrogen functional groups attached to an aromatic ring is 1. The number of rotatable bonds is 3. The van der Waals surface area contributed by atoms with Crippen molar-refractivity contribution in [2.24, 2.45) is 0 Å². The van der Waals surface area contributed by atoms with Crippen LogP contribution in [-0.2, 0) is 0 Å². The first-order chi connectivity index (χ1) is 10.2. The molecule has 3 heteroatoms. The molecule has 0 saturated heterocycles. The second-order valence-corrected chi connectivity index (χ2v) is 5.33. The summed E-state index contributed by atoms with van der Waals surface area (Å²) in [5.74, 6) is 0.883. The average Bonchev–Trinajstić information content (AvgIpc) is 2.52. The molecule has 0 spiro atoms. The fourth-order valence-corrected chi connectivity index (χ4v) is 2.63. The Morgan fingerprint density at radius 2 is 1.81 bits per heavy atom. The maximum absolute atomic E-state index is 6.08. The van der Waals surface area contributed by atoms with Crippen LogP contribution in [0, 0.1) is 6.92 Å². The highest BCUT2D eigenvalue weighted by atomic mass is 15.0. The van der Waals surface area contributed by atoms with Gasteiger partial charge in [-0.1, -0.05) is 36.4 Å². The van der Waals surface area contributed by atoms with Gasteiger partial charge in [0.25, 0.3) is 0 Å². The fraction of sp³-hybridized carbons (Fsp3) is 0.167. The molecule has 0 aliphatic carbocycles. The van der Waals surface area contributed by atoms with Crippen molar-refractivity contribution >= 4 is 22.3 Å². The second kappa shape index (κ2) is 5.44. The Kier molecular flexibility index (Phi) is 3.48. The minimum atomic E-state index is 0.185. The van der Waals surface area contributed by atoms with Crippen LogP contribution >= 0.6 is 0 Å². The van der Waals surface area contributed by atoms with Crippen LogP contribution in [0.4, 0.5) is 11.5 Å². The number of fused-ring (bicyclic) bond motifs is 1. The van der Waals surface area contributed by atoms with Crippen LogP contribution in [0.3, 0.4) is 0 Å². The molecule has 2 aromatic carbocycles. The molecule has 1 unspecified atom stereocenters. The first-order valence-electron chi connectivity index (χ1n) is 7.12. The summed E-state index contributed by atoms with van der Waals surface area (Å²) in [5.41, 5.74) is 9.28. The summed E-state index contributed by atoms with van der Waals surface area (Å²) in [6.45, 7) is 4.22. The quantitative estimate of drug-likeness (QED) is 0.702. The van der Waals surface area contributed by atoms with E-state index in [0.717, 1.165) is 22.3 Å². The van der Waals surface area contributed by atoms with Crippen molar-refractivity contribution in [3.8, 4) is 0 Å². The average molecular weight is 277 g/mol. The zero-order valence-corrected chi connectivity index (χ0v) is 12.3. The van der Waals surface area contributed by atoms with Crippen molar-refractivity contribution in [2.45, 2.75) is 19.9 Å². The highest BCUT2D eigenvalue weighted by Crippen LogP contribution is 2.31. The van der Waals surface area contributed by atoms with Crippen molar-refractivity contribution in [1.82, 2.24) is 4.98 Å². The van der Waals surface area contributed by atoms with Gasteiger partial charge in [-0.15, -0.1) is 0 Å². The topological polar surface area (TPSA) is 50.9 Å². The van der Waals surface area contributed by atoms with E-state index in [1.165, 1.54) is 11.1 Å². The van der Waals surface area contributed by atoms with Gasteiger partial charge in [0.2, 0.25) is 0 Å². The Morgan fingerprint density at radius 1 is 1.05 bits per heavy atom. The van der Waals surface area contributed by atoms with Gasteiger partial charge in [0.15, 0.2) is 0 Å². The van der Waals surface area contributed by atoms with Crippen molar-refractivity contribution < 1.29 is 0 Å². The Morgan fingerprint density at radius 3 is 2.57 bits per heavy atom. The normalized spacial score (nSPS) is 12.3. The third kappa shape index (κ3) is 2.55. The Hall–Kier alpha value is -2.55. The number of nitrogens with zero attached hydrogens (tertiary/aromatic N) is 1. The summed E-state index contributed by atoms with van der Waals surface area (Å²) in [4.78, 5) is 4.51. The summed E-state index contributed by atoms with van der Waals surface area (Å²) in [5, 5.41) is 5.65. The number of nitrogens with two attached hydrogens (primary N) is 1. The molecule has 3 aromatic rings. The van der Waals surface area contributed by atoms with Gasteiger partial charge in [0, 0.05) is 28.7 Å². The molecule has 3 N–H and O–H groups in total. The monoisotopic (exact) mass is 277 g/mol. The van der Waals surface area contributed by atoms with Crippen LogP contribution in [-0.4, -0.2) is 4.98 Å². The largest absolute Gasteiger partial charge is 0.398 e. The van der Waals surface area contributed by atoms with E-state index < -0.39 is 0 Å². The number of anilines is 2. The van der Waals surface area contributed by atoms with E-state index in [0.29, 0.717) is 0 Å². The number of benzene rings is 2. The molecular formula is C18H19N3. The Bertz CT molecular complexity index is 766. The van der Waals surface area contributed by atoms with Gasteiger partial charge in [-0.25, -0.2) is 4.98 Å². The number of hydrogen-bond acceptors (Lipinski definition) is 3. The zero-order chi connectivity index (χ0) is 14.8. The van der Waals surface area contributed by atoms with E-state index in [-0.39, 0.29) is 6.04 Å². The smallest absolute Gasteiger partial charge is 0.134 e. The van der Waals surface area contributed by atoms with Crippen LogP contribution in [0.25, 0.3) is 10.8 Å². The predicted octanol–water partition coefficient (Wildman–Crippen LogP) is 4.30. The summed E-state index contributed by atoms with van der Waals surface area (Å²) >= 11 is 0. The summed E-state index contributed by atoms with van der Waals surface area (Å²) in [7, 11) is 0. The summed E-state index contributed by atoms with van der Waals surface area (Å²) < 4.78 is 0. The van der Waals surface area contributed by atoms with Crippen molar-refractivity contribution in [3.05, 3.63) is 65.9 Å².